The zero-order valence-electron chi connectivity index (χ0n) is 9.18. The van der Waals surface area contributed by atoms with Gasteiger partial charge in [0, 0.05) is 6.04 Å². The van der Waals surface area contributed by atoms with Crippen LogP contribution >= 0.6 is 0 Å². The minimum absolute atomic E-state index is 0.0212. The third kappa shape index (κ3) is 2.16. The lowest BCUT2D eigenvalue weighted by Gasteiger charge is -2.22. The molecule has 1 unspecified atom stereocenters. The third-order valence-corrected chi connectivity index (χ3v) is 2.88. The molecular weight excluding hydrogens is 198 g/mol. The van der Waals surface area contributed by atoms with Gasteiger partial charge < -0.3 is 25.1 Å². The lowest BCUT2D eigenvalue weighted by Crippen LogP contribution is -2.35. The van der Waals surface area contributed by atoms with Crippen molar-refractivity contribution in [2.75, 3.05) is 13.2 Å². The summed E-state index contributed by atoms with van der Waals surface area (Å²) in [6.45, 7) is 4.10. The van der Waals surface area contributed by atoms with Crippen molar-refractivity contribution in [3.63, 3.8) is 0 Å². The van der Waals surface area contributed by atoms with E-state index in [9.17, 15) is 0 Å². The molecule has 0 radical (unpaired) electrons. The Labute approximate surface area is 89.5 Å². The molecule has 1 saturated carbocycles. The van der Waals surface area contributed by atoms with E-state index in [0.717, 1.165) is 6.42 Å². The zero-order chi connectivity index (χ0) is 11.1. The molecule has 0 spiro atoms. The van der Waals surface area contributed by atoms with Gasteiger partial charge in [-0.05, 0) is 20.3 Å². The molecule has 0 aromatic heterocycles. The van der Waals surface area contributed by atoms with Gasteiger partial charge in [-0.3, -0.25) is 0 Å². The minimum atomic E-state index is -0.575. The number of hydrogen-bond donors (Lipinski definition) is 2. The quantitative estimate of drug-likeness (QED) is 0.674. The summed E-state index contributed by atoms with van der Waals surface area (Å²) in [5, 5.41) is 8.71. The molecule has 1 aliphatic carbocycles. The molecule has 4 atom stereocenters. The largest absolute Gasteiger partial charge is 0.394 e. The van der Waals surface area contributed by atoms with Crippen LogP contribution in [-0.2, 0) is 14.2 Å². The molecule has 0 aromatic carbocycles. The molecule has 1 saturated heterocycles. The summed E-state index contributed by atoms with van der Waals surface area (Å²) < 4.78 is 16.9. The van der Waals surface area contributed by atoms with Gasteiger partial charge in [0.2, 0.25) is 0 Å². The van der Waals surface area contributed by atoms with Gasteiger partial charge in [-0.25, -0.2) is 0 Å². The van der Waals surface area contributed by atoms with E-state index >= 15 is 0 Å². The average molecular weight is 217 g/mol. The fourth-order valence-corrected chi connectivity index (χ4v) is 2.34. The van der Waals surface area contributed by atoms with Crippen molar-refractivity contribution in [3.05, 3.63) is 0 Å². The van der Waals surface area contributed by atoms with Crippen LogP contribution in [0.25, 0.3) is 0 Å². The van der Waals surface area contributed by atoms with E-state index in [1.807, 2.05) is 13.8 Å². The summed E-state index contributed by atoms with van der Waals surface area (Å²) >= 11 is 0. The molecule has 0 bridgehead atoms. The topological polar surface area (TPSA) is 73.9 Å². The highest BCUT2D eigenvalue weighted by Crippen LogP contribution is 2.38. The first-order chi connectivity index (χ1) is 7.03. The molecule has 0 amide bonds. The standard InChI is InChI=1S/C10H19NO4/c1-10(2)14-8-6(11)5-7(9(8)15-10)13-4-3-12/h6-9,12H,3-5,11H2,1-2H3/t6-,7?,8+,9-/m1/s1. The van der Waals surface area contributed by atoms with Crippen LogP contribution in [0, 0.1) is 0 Å². The van der Waals surface area contributed by atoms with E-state index in [2.05, 4.69) is 0 Å². The van der Waals surface area contributed by atoms with E-state index in [-0.39, 0.29) is 31.0 Å². The molecular formula is C10H19NO4. The van der Waals surface area contributed by atoms with Crippen LogP contribution in [0.1, 0.15) is 20.3 Å². The smallest absolute Gasteiger partial charge is 0.163 e. The predicted molar refractivity (Wildman–Crippen MR) is 53.2 cm³/mol. The van der Waals surface area contributed by atoms with Gasteiger partial charge in [0.25, 0.3) is 0 Å². The minimum Gasteiger partial charge on any atom is -0.394 e. The van der Waals surface area contributed by atoms with Crippen molar-refractivity contribution in [1.29, 1.82) is 0 Å². The third-order valence-electron chi connectivity index (χ3n) is 2.88. The van der Waals surface area contributed by atoms with Gasteiger partial charge >= 0.3 is 0 Å². The van der Waals surface area contributed by atoms with E-state index < -0.39 is 5.79 Å². The molecule has 2 aliphatic rings. The van der Waals surface area contributed by atoms with Gasteiger partial charge in [-0.2, -0.15) is 0 Å². The van der Waals surface area contributed by atoms with Crippen LogP contribution in [0.2, 0.25) is 0 Å². The fourth-order valence-electron chi connectivity index (χ4n) is 2.34. The Kier molecular flexibility index (Phi) is 3.00. The number of ether oxygens (including phenoxy) is 3. The summed E-state index contributed by atoms with van der Waals surface area (Å²) in [6.07, 6.45) is 0.495. The Morgan fingerprint density at radius 1 is 1.40 bits per heavy atom. The number of hydrogen-bond acceptors (Lipinski definition) is 5. The molecule has 5 heteroatoms. The summed E-state index contributed by atoms with van der Waals surface area (Å²) in [7, 11) is 0. The average Bonchev–Trinajstić information content (AvgIpc) is 2.60. The van der Waals surface area contributed by atoms with Crippen LogP contribution in [0.4, 0.5) is 0 Å². The zero-order valence-corrected chi connectivity index (χ0v) is 9.18. The predicted octanol–water partition coefficient (Wildman–Crippen LogP) is -0.385. The fraction of sp³-hybridized carbons (Fsp3) is 1.00. The van der Waals surface area contributed by atoms with Crippen molar-refractivity contribution in [2.45, 2.75) is 50.4 Å². The van der Waals surface area contributed by atoms with Crippen molar-refractivity contribution in [1.82, 2.24) is 0 Å². The van der Waals surface area contributed by atoms with Crippen molar-refractivity contribution in [2.24, 2.45) is 5.73 Å². The molecule has 2 fully saturated rings. The molecule has 15 heavy (non-hydrogen) atoms. The summed E-state index contributed by atoms with van der Waals surface area (Å²) in [6, 6.07) is -0.0412. The van der Waals surface area contributed by atoms with Crippen LogP contribution in [-0.4, -0.2) is 48.5 Å². The molecule has 5 nitrogen and oxygen atoms in total. The number of aliphatic hydroxyl groups is 1. The lowest BCUT2D eigenvalue weighted by molar-refractivity contribution is -0.168. The molecule has 2 rings (SSSR count). The molecule has 1 heterocycles. The first kappa shape index (κ1) is 11.3. The lowest BCUT2D eigenvalue weighted by atomic mass is 10.2. The number of aliphatic hydroxyl groups excluding tert-OH is 1. The van der Waals surface area contributed by atoms with Crippen molar-refractivity contribution in [3.8, 4) is 0 Å². The number of fused-ring (bicyclic) bond motifs is 1. The Morgan fingerprint density at radius 2 is 2.07 bits per heavy atom. The van der Waals surface area contributed by atoms with Gasteiger partial charge in [-0.15, -0.1) is 0 Å². The molecule has 3 N–H and O–H groups in total. The molecule has 88 valence electrons. The van der Waals surface area contributed by atoms with Gasteiger partial charge in [0.05, 0.1) is 19.3 Å². The maximum absolute atomic E-state index is 8.71. The van der Waals surface area contributed by atoms with Crippen molar-refractivity contribution >= 4 is 0 Å². The Balaban J connectivity index is 1.99. The second kappa shape index (κ2) is 3.99. The van der Waals surface area contributed by atoms with E-state index in [4.69, 9.17) is 25.1 Å². The molecule has 0 aromatic rings. The maximum Gasteiger partial charge on any atom is 0.163 e. The highest BCUT2D eigenvalue weighted by atomic mass is 16.8. The molecule has 1 aliphatic heterocycles. The van der Waals surface area contributed by atoms with Crippen LogP contribution < -0.4 is 5.73 Å². The first-order valence-electron chi connectivity index (χ1n) is 5.37. The maximum atomic E-state index is 8.71. The summed E-state index contributed by atoms with van der Waals surface area (Å²) in [5.74, 6) is -0.575. The highest BCUT2D eigenvalue weighted by Gasteiger charge is 2.53. The first-order valence-corrected chi connectivity index (χ1v) is 5.37. The second-order valence-electron chi connectivity index (χ2n) is 4.60. The highest BCUT2D eigenvalue weighted by molar-refractivity contribution is 5.01. The van der Waals surface area contributed by atoms with Gasteiger partial charge in [0.1, 0.15) is 12.2 Å². The van der Waals surface area contributed by atoms with Crippen LogP contribution in [0.3, 0.4) is 0 Å². The van der Waals surface area contributed by atoms with Crippen LogP contribution in [0.15, 0.2) is 0 Å². The Bertz CT molecular complexity index is 233. The number of rotatable bonds is 3. The summed E-state index contributed by atoms with van der Waals surface area (Å²) in [4.78, 5) is 0. The van der Waals surface area contributed by atoms with Gasteiger partial charge in [0.15, 0.2) is 5.79 Å². The van der Waals surface area contributed by atoms with E-state index in [1.165, 1.54) is 0 Å². The monoisotopic (exact) mass is 217 g/mol. The normalized spacial score (nSPS) is 43.2. The van der Waals surface area contributed by atoms with Gasteiger partial charge in [-0.1, -0.05) is 0 Å². The Morgan fingerprint density at radius 3 is 2.73 bits per heavy atom. The van der Waals surface area contributed by atoms with Crippen LogP contribution in [0.5, 0.6) is 0 Å². The number of nitrogens with two attached hydrogens (primary N) is 1. The van der Waals surface area contributed by atoms with E-state index in [0.29, 0.717) is 6.61 Å². The van der Waals surface area contributed by atoms with E-state index in [1.54, 1.807) is 0 Å². The Hall–Kier alpha value is -0.200. The SMILES string of the molecule is CC1(C)O[C@H]2[C@H](N)CC(OCCO)[C@H]2O1. The summed E-state index contributed by atoms with van der Waals surface area (Å²) in [5.41, 5.74) is 5.96. The van der Waals surface area contributed by atoms with Crippen molar-refractivity contribution < 1.29 is 19.3 Å². The second-order valence-corrected chi connectivity index (χ2v) is 4.60.